The fraction of sp³-hybridized carbons (Fsp3) is 0.333. The average Bonchev–Trinajstić information content (AvgIpc) is 3.12. The molecule has 152 valence electrons. The third-order valence-electron chi connectivity index (χ3n) is 5.29. The minimum Gasteiger partial charge on any atom is -0.349 e. The standard InChI is InChI=1S/C21H22N2O4S2/c1-13-4-3-5-14(10-13)17-12-23(2)21(25)16-11-18(28-19(16)17)20(24)22-15-6-8-29(26,27)9-7-15/h3-5,10-12,15H,6-9H2,1-2H3,(H,22,24). The van der Waals surface area contributed by atoms with Crippen LogP contribution >= 0.6 is 11.3 Å². The van der Waals surface area contributed by atoms with Crippen LogP contribution in [0.4, 0.5) is 0 Å². The molecule has 1 N–H and O–H groups in total. The van der Waals surface area contributed by atoms with Crippen molar-refractivity contribution in [1.82, 2.24) is 9.88 Å². The molecule has 0 bridgehead atoms. The SMILES string of the molecule is Cc1cccc(-c2cn(C)c(=O)c3cc(C(=O)NC4CCS(=O)(=O)CC4)sc23)c1. The second-order valence-corrected chi connectivity index (χ2v) is 10.9. The van der Waals surface area contributed by atoms with Crippen LogP contribution < -0.4 is 10.9 Å². The van der Waals surface area contributed by atoms with E-state index in [1.54, 1.807) is 17.7 Å². The molecule has 29 heavy (non-hydrogen) atoms. The Labute approximate surface area is 173 Å². The number of nitrogens with zero attached hydrogens (tertiary/aromatic N) is 1. The molecule has 1 amide bonds. The van der Waals surface area contributed by atoms with Gasteiger partial charge >= 0.3 is 0 Å². The third kappa shape index (κ3) is 4.00. The molecule has 1 aliphatic rings. The molecule has 6 nitrogen and oxygen atoms in total. The van der Waals surface area contributed by atoms with E-state index < -0.39 is 9.84 Å². The summed E-state index contributed by atoms with van der Waals surface area (Å²) in [5, 5.41) is 3.46. The van der Waals surface area contributed by atoms with E-state index in [9.17, 15) is 18.0 Å². The van der Waals surface area contributed by atoms with Gasteiger partial charge < -0.3 is 9.88 Å². The number of thiophene rings is 1. The largest absolute Gasteiger partial charge is 0.349 e. The number of aromatic nitrogens is 1. The van der Waals surface area contributed by atoms with Gasteiger partial charge in [-0.25, -0.2) is 8.42 Å². The molecule has 0 unspecified atom stereocenters. The summed E-state index contributed by atoms with van der Waals surface area (Å²) in [6.07, 6.45) is 2.66. The predicted molar refractivity (Wildman–Crippen MR) is 116 cm³/mol. The van der Waals surface area contributed by atoms with Gasteiger partial charge in [0, 0.05) is 29.5 Å². The Kier molecular flexibility index (Phi) is 5.08. The molecule has 1 aromatic carbocycles. The lowest BCUT2D eigenvalue weighted by molar-refractivity contribution is 0.0938. The Morgan fingerprint density at radius 3 is 2.62 bits per heavy atom. The molecule has 0 atom stereocenters. The van der Waals surface area contributed by atoms with E-state index >= 15 is 0 Å². The first kappa shape index (κ1) is 19.8. The van der Waals surface area contributed by atoms with Gasteiger partial charge in [-0.2, -0.15) is 0 Å². The molecule has 0 aliphatic carbocycles. The number of benzene rings is 1. The number of aryl methyl sites for hydroxylation is 2. The van der Waals surface area contributed by atoms with Gasteiger partial charge in [0.25, 0.3) is 11.5 Å². The summed E-state index contributed by atoms with van der Waals surface area (Å²) < 4.78 is 25.5. The van der Waals surface area contributed by atoms with Gasteiger partial charge in [0.15, 0.2) is 0 Å². The zero-order valence-electron chi connectivity index (χ0n) is 16.3. The number of sulfone groups is 1. The molecular weight excluding hydrogens is 408 g/mol. The molecule has 1 fully saturated rings. The number of amides is 1. The number of hydrogen-bond donors (Lipinski definition) is 1. The number of carbonyl (C=O) groups is 1. The van der Waals surface area contributed by atoms with Gasteiger partial charge in [0.05, 0.1) is 21.8 Å². The Balaban J connectivity index is 1.70. The molecule has 8 heteroatoms. The second kappa shape index (κ2) is 7.42. The van der Waals surface area contributed by atoms with E-state index in [4.69, 9.17) is 0 Å². The smallest absolute Gasteiger partial charge is 0.261 e. The Morgan fingerprint density at radius 1 is 1.21 bits per heavy atom. The molecule has 0 radical (unpaired) electrons. The Bertz CT molecular complexity index is 1260. The van der Waals surface area contributed by atoms with Crippen LogP contribution in [0.1, 0.15) is 28.1 Å². The van der Waals surface area contributed by atoms with Crippen LogP contribution in [0.2, 0.25) is 0 Å². The van der Waals surface area contributed by atoms with E-state index in [1.165, 1.54) is 11.3 Å². The minimum atomic E-state index is -2.98. The molecule has 0 spiro atoms. The predicted octanol–water partition coefficient (Wildman–Crippen LogP) is 2.88. The van der Waals surface area contributed by atoms with Crippen LogP contribution in [0, 0.1) is 6.92 Å². The average molecular weight is 431 g/mol. The van der Waals surface area contributed by atoms with E-state index in [0.717, 1.165) is 21.4 Å². The molecule has 1 aliphatic heterocycles. The van der Waals surface area contributed by atoms with Gasteiger partial charge in [0.1, 0.15) is 9.84 Å². The highest BCUT2D eigenvalue weighted by atomic mass is 32.2. The monoisotopic (exact) mass is 430 g/mol. The first-order valence-electron chi connectivity index (χ1n) is 9.45. The summed E-state index contributed by atoms with van der Waals surface area (Å²) in [6, 6.07) is 9.53. The number of pyridine rings is 1. The van der Waals surface area contributed by atoms with Crippen molar-refractivity contribution in [2.75, 3.05) is 11.5 Å². The van der Waals surface area contributed by atoms with Gasteiger partial charge in [-0.1, -0.05) is 29.8 Å². The summed E-state index contributed by atoms with van der Waals surface area (Å²) in [7, 11) is -1.27. The zero-order valence-corrected chi connectivity index (χ0v) is 17.9. The molecule has 0 saturated carbocycles. The number of hydrogen-bond acceptors (Lipinski definition) is 5. The van der Waals surface area contributed by atoms with E-state index in [-0.39, 0.29) is 29.0 Å². The zero-order chi connectivity index (χ0) is 20.8. The highest BCUT2D eigenvalue weighted by molar-refractivity contribution is 7.91. The van der Waals surface area contributed by atoms with Gasteiger partial charge in [-0.15, -0.1) is 11.3 Å². The number of rotatable bonds is 3. The lowest BCUT2D eigenvalue weighted by atomic mass is 10.0. The normalized spacial score (nSPS) is 16.8. The van der Waals surface area contributed by atoms with Crippen molar-refractivity contribution in [3.05, 3.63) is 57.3 Å². The molecule has 2 aromatic heterocycles. The van der Waals surface area contributed by atoms with Crippen LogP contribution in [0.5, 0.6) is 0 Å². The highest BCUT2D eigenvalue weighted by Crippen LogP contribution is 2.33. The first-order valence-corrected chi connectivity index (χ1v) is 12.1. The van der Waals surface area contributed by atoms with Crippen molar-refractivity contribution in [3.63, 3.8) is 0 Å². The van der Waals surface area contributed by atoms with Gasteiger partial charge in [0.2, 0.25) is 0 Å². The number of carbonyl (C=O) groups excluding carboxylic acids is 1. The van der Waals surface area contributed by atoms with Crippen LogP contribution in [0.3, 0.4) is 0 Å². The van der Waals surface area contributed by atoms with E-state index in [1.807, 2.05) is 31.3 Å². The fourth-order valence-corrected chi connectivity index (χ4v) is 6.25. The fourth-order valence-electron chi connectivity index (χ4n) is 3.67. The van der Waals surface area contributed by atoms with E-state index in [0.29, 0.717) is 23.1 Å². The summed E-state index contributed by atoms with van der Waals surface area (Å²) in [6.45, 7) is 2.01. The van der Waals surface area contributed by atoms with Crippen LogP contribution in [-0.2, 0) is 16.9 Å². The van der Waals surface area contributed by atoms with Crippen molar-refractivity contribution < 1.29 is 13.2 Å². The highest BCUT2D eigenvalue weighted by Gasteiger charge is 2.26. The van der Waals surface area contributed by atoms with Crippen LogP contribution in [0.15, 0.2) is 41.3 Å². The van der Waals surface area contributed by atoms with Crippen molar-refractivity contribution >= 4 is 37.2 Å². The summed E-state index contributed by atoms with van der Waals surface area (Å²) in [5.74, 6) is -0.0575. The maximum Gasteiger partial charge on any atom is 0.261 e. The van der Waals surface area contributed by atoms with Gasteiger partial charge in [-0.05, 0) is 31.4 Å². The molecule has 1 saturated heterocycles. The minimum absolute atomic E-state index is 0.0996. The van der Waals surface area contributed by atoms with E-state index in [2.05, 4.69) is 11.4 Å². The quantitative estimate of drug-likeness (QED) is 0.692. The van der Waals surface area contributed by atoms with Crippen LogP contribution in [-0.4, -0.2) is 36.4 Å². The topological polar surface area (TPSA) is 85.2 Å². The van der Waals surface area contributed by atoms with Crippen molar-refractivity contribution in [3.8, 4) is 11.1 Å². The number of nitrogens with one attached hydrogen (secondary N) is 1. The Hall–Kier alpha value is -2.45. The summed E-state index contributed by atoms with van der Waals surface area (Å²) in [5.41, 5.74) is 2.89. The van der Waals surface area contributed by atoms with Crippen LogP contribution in [0.25, 0.3) is 21.2 Å². The third-order valence-corrected chi connectivity index (χ3v) is 8.18. The summed E-state index contributed by atoms with van der Waals surface area (Å²) in [4.78, 5) is 25.9. The molecular formula is C21H22N2O4S2. The molecule has 3 heterocycles. The molecule has 3 aromatic rings. The second-order valence-electron chi connectivity index (χ2n) is 7.58. The van der Waals surface area contributed by atoms with Gasteiger partial charge in [-0.3, -0.25) is 9.59 Å². The summed E-state index contributed by atoms with van der Waals surface area (Å²) >= 11 is 1.30. The van der Waals surface area contributed by atoms with Crippen molar-refractivity contribution in [2.45, 2.75) is 25.8 Å². The lowest BCUT2D eigenvalue weighted by Crippen LogP contribution is -2.40. The van der Waals surface area contributed by atoms with Crippen molar-refractivity contribution in [2.24, 2.45) is 7.05 Å². The maximum atomic E-state index is 12.8. The first-order chi connectivity index (χ1) is 13.7. The number of fused-ring (bicyclic) bond motifs is 1. The Morgan fingerprint density at radius 2 is 1.93 bits per heavy atom. The lowest BCUT2D eigenvalue weighted by Gasteiger charge is -2.22. The van der Waals surface area contributed by atoms with Crippen molar-refractivity contribution in [1.29, 1.82) is 0 Å². The maximum absolute atomic E-state index is 12.8. The molecule has 4 rings (SSSR count).